The van der Waals surface area contributed by atoms with Gasteiger partial charge in [0.15, 0.2) is 18.2 Å². The van der Waals surface area contributed by atoms with Crippen molar-refractivity contribution in [1.82, 2.24) is 10.6 Å². The van der Waals surface area contributed by atoms with E-state index in [4.69, 9.17) is 42.6 Å². The number of unbranched alkanes of at least 4 members (excludes halogenated alkanes) is 2. The molecule has 0 aromatic carbocycles. The Bertz CT molecular complexity index is 1190. The van der Waals surface area contributed by atoms with E-state index in [1.54, 1.807) is 69.2 Å². The van der Waals surface area contributed by atoms with Crippen LogP contribution in [0.4, 0.5) is 9.59 Å². The lowest BCUT2D eigenvalue weighted by Crippen LogP contribution is -2.48. The van der Waals surface area contributed by atoms with Gasteiger partial charge in [-0.25, -0.2) is 19.2 Å². The van der Waals surface area contributed by atoms with E-state index in [1.807, 2.05) is 13.8 Å². The summed E-state index contributed by atoms with van der Waals surface area (Å²) in [4.78, 5) is 61.0. The standard InChI is InChI=1S/C21H37NO8.C17H31NO7/c1-8-9-10-27-16-12-26-11-15(22-20(25)30-21(5,6)7)19(24)28-14(4)17(16)29-18(23)13(2)3;1-6-7-8-23-13-10-22-9-12(15(20)24-11(2)14(13)19)18-16(21)25-17(3,4)5/h13-17H,8-12H2,1-7H3,(H,22,25);11-14,19H,6-10H2,1-5H3,(H,18,21)/t14-,15-,16-,17-;11-,12-,13-,14-/m00/s1. The molecule has 2 saturated heterocycles. The summed E-state index contributed by atoms with van der Waals surface area (Å²) in [5.41, 5.74) is -1.40. The number of alkyl carbamates (subject to hydrolysis) is 2. The normalized spacial score (nSPS) is 26.8. The lowest BCUT2D eigenvalue weighted by Gasteiger charge is -2.30. The van der Waals surface area contributed by atoms with Crippen LogP contribution >= 0.6 is 0 Å². The van der Waals surface area contributed by atoms with Gasteiger partial charge >= 0.3 is 30.1 Å². The number of hydrogen-bond acceptors (Lipinski definition) is 15. The zero-order chi connectivity index (χ0) is 41.9. The van der Waals surface area contributed by atoms with Gasteiger partial charge in [0, 0.05) is 13.2 Å². The smallest absolute Gasteiger partial charge is 0.408 e. The summed E-state index contributed by atoms with van der Waals surface area (Å²) in [6.07, 6.45) is -2.52. The van der Waals surface area contributed by atoms with E-state index >= 15 is 0 Å². The maximum atomic E-state index is 12.6. The molecule has 8 atom stereocenters. The molecule has 0 aromatic rings. The number of hydrogen-bond donors (Lipinski definition) is 3. The van der Waals surface area contributed by atoms with Gasteiger partial charge in [-0.2, -0.15) is 0 Å². The van der Waals surface area contributed by atoms with Crippen LogP contribution in [-0.2, 0) is 57.0 Å². The first-order chi connectivity index (χ1) is 25.6. The van der Waals surface area contributed by atoms with Gasteiger partial charge in [-0.1, -0.05) is 40.5 Å². The topological polar surface area (TPSA) is 213 Å². The Labute approximate surface area is 326 Å². The molecule has 0 saturated carbocycles. The van der Waals surface area contributed by atoms with Crippen LogP contribution in [0.5, 0.6) is 0 Å². The van der Waals surface area contributed by atoms with Crippen molar-refractivity contribution in [2.75, 3.05) is 39.6 Å². The molecule has 2 fully saturated rings. The van der Waals surface area contributed by atoms with Gasteiger partial charge in [-0.3, -0.25) is 4.79 Å². The maximum Gasteiger partial charge on any atom is 0.408 e. The van der Waals surface area contributed by atoms with Gasteiger partial charge in [0.1, 0.15) is 41.7 Å². The monoisotopic (exact) mass is 792 g/mol. The molecule has 55 heavy (non-hydrogen) atoms. The van der Waals surface area contributed by atoms with E-state index in [1.165, 1.54) is 0 Å². The molecule has 17 nitrogen and oxygen atoms in total. The highest BCUT2D eigenvalue weighted by Gasteiger charge is 2.39. The molecule has 17 heteroatoms. The Kier molecular flexibility index (Phi) is 22.1. The van der Waals surface area contributed by atoms with Crippen LogP contribution in [0.3, 0.4) is 0 Å². The molecule has 0 unspecified atom stereocenters. The van der Waals surface area contributed by atoms with E-state index < -0.39 is 90.0 Å². The third-order valence-corrected chi connectivity index (χ3v) is 7.76. The van der Waals surface area contributed by atoms with E-state index in [0.717, 1.165) is 25.7 Å². The second kappa shape index (κ2) is 24.4. The number of aliphatic hydroxyl groups excluding tert-OH is 1. The number of carbonyl (C=O) groups excluding carboxylic acids is 5. The average molecular weight is 793 g/mol. The summed E-state index contributed by atoms with van der Waals surface area (Å²) >= 11 is 0. The van der Waals surface area contributed by atoms with Crippen molar-refractivity contribution in [3.63, 3.8) is 0 Å². The second-order valence-electron chi connectivity index (χ2n) is 15.8. The number of carbonyl (C=O) groups is 5. The highest BCUT2D eigenvalue weighted by molar-refractivity contribution is 5.82. The van der Waals surface area contributed by atoms with Crippen molar-refractivity contribution in [2.45, 2.75) is 169 Å². The number of amides is 2. The first-order valence-electron chi connectivity index (χ1n) is 19.3. The predicted molar refractivity (Wildman–Crippen MR) is 199 cm³/mol. The van der Waals surface area contributed by atoms with Crippen LogP contribution < -0.4 is 10.6 Å². The van der Waals surface area contributed by atoms with E-state index in [0.29, 0.717) is 13.2 Å². The van der Waals surface area contributed by atoms with Crippen LogP contribution in [0, 0.1) is 5.92 Å². The largest absolute Gasteiger partial charge is 0.458 e. The summed E-state index contributed by atoms with van der Waals surface area (Å²) in [5.74, 6) is -2.16. The number of nitrogens with one attached hydrogen (secondary N) is 2. The fraction of sp³-hybridized carbons (Fsp3) is 0.868. The molecular weight excluding hydrogens is 724 g/mol. The molecule has 0 aliphatic carbocycles. The molecule has 0 aromatic heterocycles. The molecule has 3 N–H and O–H groups in total. The van der Waals surface area contributed by atoms with Crippen molar-refractivity contribution in [3.05, 3.63) is 0 Å². The molecule has 2 amide bonds. The summed E-state index contributed by atoms with van der Waals surface area (Å²) in [7, 11) is 0. The van der Waals surface area contributed by atoms with Crippen LogP contribution in [0.15, 0.2) is 0 Å². The zero-order valence-electron chi connectivity index (χ0n) is 34.9. The summed E-state index contributed by atoms with van der Waals surface area (Å²) in [5, 5.41) is 15.2. The van der Waals surface area contributed by atoms with Crippen LogP contribution in [0.2, 0.25) is 0 Å². The molecule has 2 heterocycles. The number of cyclic esters (lactones) is 2. The van der Waals surface area contributed by atoms with Crippen LogP contribution in [-0.4, -0.2) is 135 Å². The SMILES string of the molecule is CCCCO[C@H]1COC[C@H](NC(=O)OC(C)(C)C)C(=O)O[C@@H](C)[C@@H]1O.CCCCO[C@H]1COC[C@H](NC(=O)OC(C)(C)C)C(=O)O[C@@H](C)[C@@H]1OC(=O)C(C)C. The van der Waals surface area contributed by atoms with Crippen molar-refractivity contribution in [2.24, 2.45) is 5.92 Å². The lowest BCUT2D eigenvalue weighted by atomic mass is 10.1. The minimum absolute atomic E-state index is 0.0766. The highest BCUT2D eigenvalue weighted by atomic mass is 16.6. The zero-order valence-corrected chi connectivity index (χ0v) is 34.9. The predicted octanol–water partition coefficient (Wildman–Crippen LogP) is 3.98. The molecule has 0 bridgehead atoms. The highest BCUT2D eigenvalue weighted by Crippen LogP contribution is 2.19. The van der Waals surface area contributed by atoms with E-state index in [-0.39, 0.29) is 32.3 Å². The lowest BCUT2D eigenvalue weighted by molar-refractivity contribution is -0.183. The van der Waals surface area contributed by atoms with E-state index in [2.05, 4.69) is 10.6 Å². The van der Waals surface area contributed by atoms with Crippen molar-refractivity contribution in [1.29, 1.82) is 0 Å². The molecular formula is C38H68N2O15. The Hall–Kier alpha value is -3.25. The van der Waals surface area contributed by atoms with Crippen molar-refractivity contribution >= 4 is 30.1 Å². The maximum absolute atomic E-state index is 12.6. The molecule has 2 aliphatic heterocycles. The van der Waals surface area contributed by atoms with Gasteiger partial charge in [0.2, 0.25) is 0 Å². The minimum Gasteiger partial charge on any atom is -0.458 e. The fourth-order valence-corrected chi connectivity index (χ4v) is 4.80. The quantitative estimate of drug-likeness (QED) is 0.145. The molecule has 320 valence electrons. The average Bonchev–Trinajstić information content (AvgIpc) is 3.13. The third kappa shape index (κ3) is 20.5. The Morgan fingerprint density at radius 1 is 0.727 bits per heavy atom. The van der Waals surface area contributed by atoms with Crippen LogP contribution in [0.25, 0.3) is 0 Å². The number of esters is 3. The Balaban J connectivity index is 0.000000559. The second-order valence-corrected chi connectivity index (χ2v) is 15.8. The molecule has 2 aliphatic rings. The van der Waals surface area contributed by atoms with Crippen molar-refractivity contribution < 1.29 is 71.7 Å². The van der Waals surface area contributed by atoms with Gasteiger partial charge < -0.3 is 58.4 Å². The third-order valence-electron chi connectivity index (χ3n) is 7.76. The van der Waals surface area contributed by atoms with E-state index in [9.17, 15) is 29.1 Å². The molecule has 0 radical (unpaired) electrons. The Morgan fingerprint density at radius 3 is 1.56 bits per heavy atom. The van der Waals surface area contributed by atoms with Crippen LogP contribution in [0.1, 0.15) is 109 Å². The number of rotatable bonds is 12. The first-order valence-corrected chi connectivity index (χ1v) is 19.3. The molecule has 0 spiro atoms. The van der Waals surface area contributed by atoms with Gasteiger partial charge in [0.05, 0.1) is 32.3 Å². The Morgan fingerprint density at radius 2 is 1.15 bits per heavy atom. The van der Waals surface area contributed by atoms with Crippen molar-refractivity contribution in [3.8, 4) is 0 Å². The van der Waals surface area contributed by atoms with Gasteiger partial charge in [-0.15, -0.1) is 0 Å². The first kappa shape index (κ1) is 49.8. The van der Waals surface area contributed by atoms with Gasteiger partial charge in [0.25, 0.3) is 0 Å². The summed E-state index contributed by atoms with van der Waals surface area (Å²) in [6.45, 7) is 22.0. The molecule has 2 rings (SSSR count). The number of ether oxygens (including phenoxy) is 9. The van der Waals surface area contributed by atoms with Gasteiger partial charge in [-0.05, 0) is 68.2 Å². The minimum atomic E-state index is -1.06. The summed E-state index contributed by atoms with van der Waals surface area (Å²) in [6, 6.07) is -2.07. The summed E-state index contributed by atoms with van der Waals surface area (Å²) < 4.78 is 49.3. The number of aliphatic hydroxyl groups is 1. The fourth-order valence-electron chi connectivity index (χ4n) is 4.80.